The Morgan fingerprint density at radius 1 is 1.67 bits per heavy atom. The van der Waals surface area contributed by atoms with Crippen LogP contribution >= 0.6 is 0 Å². The molecule has 3 atom stereocenters. The first-order valence-electron chi connectivity index (χ1n) is 3.55. The van der Waals surface area contributed by atoms with Gasteiger partial charge < -0.3 is 5.73 Å². The van der Waals surface area contributed by atoms with Crippen molar-refractivity contribution < 1.29 is 4.79 Å². The first-order valence-corrected chi connectivity index (χ1v) is 3.55. The average molecular weight is 125 g/mol. The van der Waals surface area contributed by atoms with Gasteiger partial charge in [-0.15, -0.1) is 0 Å². The van der Waals surface area contributed by atoms with Gasteiger partial charge in [-0.3, -0.25) is 4.79 Å². The van der Waals surface area contributed by atoms with Gasteiger partial charge in [0.05, 0.1) is 0 Å². The second kappa shape index (κ2) is 1.57. The van der Waals surface area contributed by atoms with E-state index in [0.717, 1.165) is 12.8 Å². The molecule has 2 N–H and O–H groups in total. The number of hydrogen-bond acceptors (Lipinski definition) is 2. The Hall–Kier alpha value is -0.370. The highest BCUT2D eigenvalue weighted by atomic mass is 16.1. The van der Waals surface area contributed by atoms with Gasteiger partial charge in [0.2, 0.25) is 0 Å². The van der Waals surface area contributed by atoms with Gasteiger partial charge in [0.1, 0.15) is 5.78 Å². The molecule has 0 aromatic heterocycles. The van der Waals surface area contributed by atoms with Crippen molar-refractivity contribution in [3.8, 4) is 0 Å². The molecule has 0 heterocycles. The van der Waals surface area contributed by atoms with Crippen molar-refractivity contribution in [2.45, 2.75) is 12.8 Å². The van der Waals surface area contributed by atoms with Crippen LogP contribution in [0.5, 0.6) is 0 Å². The summed E-state index contributed by atoms with van der Waals surface area (Å²) in [6.45, 7) is 0.715. The normalized spacial score (nSPS) is 47.2. The average Bonchev–Trinajstić information content (AvgIpc) is 2.56. The minimum Gasteiger partial charge on any atom is -0.330 e. The molecule has 2 aliphatic carbocycles. The minimum atomic E-state index is 0.443. The highest BCUT2D eigenvalue weighted by Gasteiger charge is 2.53. The largest absolute Gasteiger partial charge is 0.330 e. The highest BCUT2D eigenvalue weighted by molar-refractivity contribution is 5.86. The summed E-state index contributed by atoms with van der Waals surface area (Å²) in [5, 5.41) is 0. The van der Waals surface area contributed by atoms with Crippen LogP contribution in [0.2, 0.25) is 0 Å². The summed E-state index contributed by atoms with van der Waals surface area (Å²) in [6, 6.07) is 0. The van der Waals surface area contributed by atoms with Gasteiger partial charge in [-0.2, -0.15) is 0 Å². The summed E-state index contributed by atoms with van der Waals surface area (Å²) in [4.78, 5) is 10.9. The van der Waals surface area contributed by atoms with E-state index in [0.29, 0.717) is 30.1 Å². The Kier molecular flexibility index (Phi) is 0.943. The fourth-order valence-electron chi connectivity index (χ4n) is 1.93. The van der Waals surface area contributed by atoms with Crippen LogP contribution < -0.4 is 5.73 Å². The third-order valence-electron chi connectivity index (χ3n) is 2.62. The lowest BCUT2D eigenvalue weighted by molar-refractivity contribution is -0.119. The SMILES string of the molecule is NC[C@@H]1CC(=O)[C@H]2C[C@@H]12. The van der Waals surface area contributed by atoms with Crippen molar-refractivity contribution >= 4 is 5.78 Å². The summed E-state index contributed by atoms with van der Waals surface area (Å²) in [7, 11) is 0. The number of nitrogens with two attached hydrogens (primary N) is 1. The Balaban J connectivity index is 2.08. The summed E-state index contributed by atoms with van der Waals surface area (Å²) < 4.78 is 0. The Morgan fingerprint density at radius 2 is 2.44 bits per heavy atom. The van der Waals surface area contributed by atoms with Crippen molar-refractivity contribution in [1.82, 2.24) is 0 Å². The van der Waals surface area contributed by atoms with Crippen LogP contribution in [0.1, 0.15) is 12.8 Å². The maximum Gasteiger partial charge on any atom is 0.136 e. The van der Waals surface area contributed by atoms with Gasteiger partial charge in [0, 0.05) is 12.3 Å². The minimum absolute atomic E-state index is 0.443. The number of carbonyl (C=O) groups is 1. The quantitative estimate of drug-likeness (QED) is 0.543. The number of ketones is 1. The fourth-order valence-corrected chi connectivity index (χ4v) is 1.93. The van der Waals surface area contributed by atoms with Crippen LogP contribution in [0.25, 0.3) is 0 Å². The third-order valence-corrected chi connectivity index (χ3v) is 2.62. The standard InChI is InChI=1S/C7H11NO/c8-3-4-1-7(9)6-2-5(4)6/h4-6H,1-3,8H2/t4-,5-,6-/m0/s1. The first-order chi connectivity index (χ1) is 4.33. The third kappa shape index (κ3) is 0.628. The molecular formula is C7H11NO. The molecule has 2 saturated carbocycles. The van der Waals surface area contributed by atoms with E-state index in [1.807, 2.05) is 0 Å². The second-order valence-electron chi connectivity index (χ2n) is 3.17. The highest BCUT2D eigenvalue weighted by Crippen LogP contribution is 2.52. The number of Topliss-reactive ketones (excluding diaryl/α,β-unsaturated/α-hetero) is 1. The van der Waals surface area contributed by atoms with Crippen LogP contribution in [-0.4, -0.2) is 12.3 Å². The fraction of sp³-hybridized carbons (Fsp3) is 0.857. The lowest BCUT2D eigenvalue weighted by Crippen LogP contribution is -2.14. The molecule has 2 heteroatoms. The Labute approximate surface area is 54.4 Å². The number of carbonyl (C=O) groups excluding carboxylic acids is 1. The summed E-state index contributed by atoms with van der Waals surface area (Å²) >= 11 is 0. The van der Waals surface area contributed by atoms with E-state index >= 15 is 0 Å². The van der Waals surface area contributed by atoms with Crippen molar-refractivity contribution in [2.75, 3.05) is 6.54 Å². The number of fused-ring (bicyclic) bond motifs is 1. The van der Waals surface area contributed by atoms with E-state index in [9.17, 15) is 4.79 Å². The van der Waals surface area contributed by atoms with Crippen LogP contribution in [-0.2, 0) is 4.79 Å². The summed E-state index contributed by atoms with van der Waals surface area (Å²) in [5.74, 6) is 2.15. The molecule has 0 spiro atoms. The van der Waals surface area contributed by atoms with Crippen molar-refractivity contribution in [3.63, 3.8) is 0 Å². The predicted molar refractivity (Wildman–Crippen MR) is 33.8 cm³/mol. The van der Waals surface area contributed by atoms with E-state index in [-0.39, 0.29) is 0 Å². The van der Waals surface area contributed by atoms with Crippen molar-refractivity contribution in [1.29, 1.82) is 0 Å². The predicted octanol–water partition coefficient (Wildman–Crippen LogP) is 0.170. The molecule has 0 amide bonds. The maximum absolute atomic E-state index is 10.9. The Bertz CT molecular complexity index is 155. The molecule has 0 radical (unpaired) electrons. The lowest BCUT2D eigenvalue weighted by atomic mass is 10.0. The first kappa shape index (κ1) is 5.42. The van der Waals surface area contributed by atoms with Crippen molar-refractivity contribution in [3.05, 3.63) is 0 Å². The second-order valence-corrected chi connectivity index (χ2v) is 3.17. The molecule has 2 fully saturated rings. The topological polar surface area (TPSA) is 43.1 Å². The molecule has 0 aromatic rings. The van der Waals surface area contributed by atoms with Gasteiger partial charge in [0.15, 0.2) is 0 Å². The smallest absolute Gasteiger partial charge is 0.136 e. The molecule has 50 valence electrons. The van der Waals surface area contributed by atoms with Crippen LogP contribution in [0, 0.1) is 17.8 Å². The van der Waals surface area contributed by atoms with Gasteiger partial charge in [-0.05, 0) is 24.8 Å². The molecule has 0 bridgehead atoms. The van der Waals surface area contributed by atoms with Gasteiger partial charge >= 0.3 is 0 Å². The van der Waals surface area contributed by atoms with E-state index in [1.54, 1.807) is 0 Å². The van der Waals surface area contributed by atoms with Gasteiger partial charge in [0.25, 0.3) is 0 Å². The number of rotatable bonds is 1. The summed E-state index contributed by atoms with van der Waals surface area (Å²) in [5.41, 5.74) is 5.46. The zero-order valence-corrected chi connectivity index (χ0v) is 5.34. The van der Waals surface area contributed by atoms with Gasteiger partial charge in [-0.25, -0.2) is 0 Å². The van der Waals surface area contributed by atoms with E-state index in [4.69, 9.17) is 5.73 Å². The number of hydrogen-bond donors (Lipinski definition) is 1. The van der Waals surface area contributed by atoms with Crippen LogP contribution in [0.3, 0.4) is 0 Å². The van der Waals surface area contributed by atoms with Crippen LogP contribution in [0.15, 0.2) is 0 Å². The Morgan fingerprint density at radius 3 is 2.67 bits per heavy atom. The molecular weight excluding hydrogens is 114 g/mol. The molecule has 2 nitrogen and oxygen atoms in total. The lowest BCUT2D eigenvalue weighted by Gasteiger charge is -2.03. The zero-order valence-electron chi connectivity index (χ0n) is 5.34. The van der Waals surface area contributed by atoms with E-state index in [2.05, 4.69) is 0 Å². The van der Waals surface area contributed by atoms with E-state index in [1.165, 1.54) is 0 Å². The molecule has 2 rings (SSSR count). The molecule has 9 heavy (non-hydrogen) atoms. The maximum atomic E-state index is 10.9. The molecule has 0 unspecified atom stereocenters. The molecule has 0 aliphatic heterocycles. The van der Waals surface area contributed by atoms with Gasteiger partial charge in [-0.1, -0.05) is 0 Å². The van der Waals surface area contributed by atoms with E-state index < -0.39 is 0 Å². The molecule has 0 aromatic carbocycles. The monoisotopic (exact) mass is 125 g/mol. The summed E-state index contributed by atoms with van der Waals surface area (Å²) in [6.07, 6.45) is 1.91. The zero-order chi connectivity index (χ0) is 6.43. The molecule has 0 saturated heterocycles. The van der Waals surface area contributed by atoms with Crippen molar-refractivity contribution in [2.24, 2.45) is 23.5 Å². The molecule has 2 aliphatic rings. The van der Waals surface area contributed by atoms with Crippen LogP contribution in [0.4, 0.5) is 0 Å².